The van der Waals surface area contributed by atoms with Crippen LogP contribution in [0.3, 0.4) is 0 Å². The van der Waals surface area contributed by atoms with Crippen molar-refractivity contribution in [2.24, 2.45) is 0 Å². The number of allylic oxidation sites excluding steroid dienone is 1. The van der Waals surface area contributed by atoms with E-state index in [9.17, 15) is 0 Å². The van der Waals surface area contributed by atoms with Crippen LogP contribution in [0.25, 0.3) is 0 Å². The number of ether oxygens (including phenoxy) is 5. The average Bonchev–Trinajstić information content (AvgIpc) is 2.91. The lowest BCUT2D eigenvalue weighted by Crippen LogP contribution is -2.40. The lowest BCUT2D eigenvalue weighted by Gasteiger charge is -2.26. The summed E-state index contributed by atoms with van der Waals surface area (Å²) in [6, 6.07) is 0. The van der Waals surface area contributed by atoms with Gasteiger partial charge in [-0.3, -0.25) is 0 Å². The normalized spacial score (nSPS) is 43.8. The molecule has 0 N–H and O–H groups in total. The van der Waals surface area contributed by atoms with Crippen molar-refractivity contribution in [3.05, 3.63) is 11.6 Å². The molecule has 3 fully saturated rings. The Morgan fingerprint density at radius 2 is 1.57 bits per heavy atom. The molecule has 0 saturated carbocycles. The third-order valence-corrected chi connectivity index (χ3v) is 4.02. The molecule has 0 aromatic rings. The largest absolute Gasteiger partial charge is 0.362 e. The summed E-state index contributed by atoms with van der Waals surface area (Å²) < 4.78 is 29.9. The smallest absolute Gasteiger partial charge is 0.164 e. The standard InChI is InChI=1S/C16H26O5/c1-9(2)7-10-13-14(21-16(5,6)20-13)12(18-10)11-8-17-15(3,4)19-11/h7,10-14H,8H2,1-6H3/t10-,11-,12-,13-,14+/m1/s1. The molecule has 3 saturated heterocycles. The average molecular weight is 298 g/mol. The Labute approximate surface area is 126 Å². The minimum absolute atomic E-state index is 0.0905. The number of fused-ring (bicyclic) bond motifs is 1. The summed E-state index contributed by atoms with van der Waals surface area (Å²) in [5, 5.41) is 0. The van der Waals surface area contributed by atoms with Gasteiger partial charge in [-0.25, -0.2) is 0 Å². The van der Waals surface area contributed by atoms with Crippen LogP contribution in [0, 0.1) is 0 Å². The van der Waals surface area contributed by atoms with Crippen molar-refractivity contribution >= 4 is 0 Å². The third kappa shape index (κ3) is 3.03. The first-order chi connectivity index (χ1) is 9.67. The van der Waals surface area contributed by atoms with Crippen molar-refractivity contribution in [2.45, 2.75) is 83.6 Å². The summed E-state index contributed by atoms with van der Waals surface area (Å²) in [4.78, 5) is 0. The lowest BCUT2D eigenvalue weighted by molar-refractivity contribution is -0.202. The SMILES string of the molecule is CC(C)=C[C@H]1O[C@H]([C@H]2COC(C)(C)O2)[C@@H]2OC(C)(C)O[C@@H]21. The molecule has 0 spiro atoms. The predicted molar refractivity (Wildman–Crippen MR) is 76.8 cm³/mol. The Bertz CT molecular complexity index is 438. The fraction of sp³-hybridized carbons (Fsp3) is 0.875. The second-order valence-electron chi connectivity index (χ2n) is 7.24. The zero-order chi connectivity index (χ0) is 15.4. The summed E-state index contributed by atoms with van der Waals surface area (Å²) in [5.41, 5.74) is 1.21. The maximum atomic E-state index is 6.18. The highest BCUT2D eigenvalue weighted by Gasteiger charge is 2.58. The Hall–Kier alpha value is -0.460. The van der Waals surface area contributed by atoms with E-state index in [1.807, 2.05) is 27.7 Å². The highest BCUT2D eigenvalue weighted by molar-refractivity contribution is 5.11. The van der Waals surface area contributed by atoms with Crippen molar-refractivity contribution in [1.29, 1.82) is 0 Å². The van der Waals surface area contributed by atoms with Crippen molar-refractivity contribution in [3.63, 3.8) is 0 Å². The monoisotopic (exact) mass is 298 g/mol. The van der Waals surface area contributed by atoms with Gasteiger partial charge in [-0.2, -0.15) is 0 Å². The molecule has 5 atom stereocenters. The highest BCUT2D eigenvalue weighted by atomic mass is 16.8. The van der Waals surface area contributed by atoms with Crippen LogP contribution in [0.15, 0.2) is 11.6 Å². The molecule has 0 unspecified atom stereocenters. The zero-order valence-electron chi connectivity index (χ0n) is 13.7. The van der Waals surface area contributed by atoms with Gasteiger partial charge in [0, 0.05) is 0 Å². The van der Waals surface area contributed by atoms with Crippen molar-refractivity contribution in [2.75, 3.05) is 6.61 Å². The van der Waals surface area contributed by atoms with Crippen LogP contribution >= 0.6 is 0 Å². The first-order valence-corrected chi connectivity index (χ1v) is 7.65. The van der Waals surface area contributed by atoms with Gasteiger partial charge in [0.1, 0.15) is 30.5 Å². The van der Waals surface area contributed by atoms with E-state index in [0.717, 1.165) is 0 Å². The fourth-order valence-electron chi connectivity index (χ4n) is 3.30. The van der Waals surface area contributed by atoms with Crippen LogP contribution < -0.4 is 0 Å². The Kier molecular flexibility index (Phi) is 3.70. The van der Waals surface area contributed by atoms with Gasteiger partial charge in [-0.05, 0) is 41.5 Å². The second-order valence-corrected chi connectivity index (χ2v) is 7.24. The first-order valence-electron chi connectivity index (χ1n) is 7.65. The molecule has 0 radical (unpaired) electrons. The molecule has 0 bridgehead atoms. The van der Waals surface area contributed by atoms with Crippen molar-refractivity contribution < 1.29 is 23.7 Å². The quantitative estimate of drug-likeness (QED) is 0.733. The molecular formula is C16H26O5. The summed E-state index contributed by atoms with van der Waals surface area (Å²) >= 11 is 0. The molecule has 0 aromatic heterocycles. The molecule has 0 aliphatic carbocycles. The maximum absolute atomic E-state index is 6.18. The van der Waals surface area contributed by atoms with Crippen LogP contribution in [0.1, 0.15) is 41.5 Å². The van der Waals surface area contributed by atoms with E-state index in [0.29, 0.717) is 6.61 Å². The number of rotatable bonds is 2. The Morgan fingerprint density at radius 1 is 0.905 bits per heavy atom. The minimum atomic E-state index is -0.583. The first kappa shape index (κ1) is 15.4. The predicted octanol–water partition coefficient (Wildman–Crippen LogP) is 2.39. The zero-order valence-corrected chi connectivity index (χ0v) is 13.7. The molecule has 3 heterocycles. The van der Waals surface area contributed by atoms with Gasteiger partial charge in [0.2, 0.25) is 0 Å². The number of hydrogen-bond donors (Lipinski definition) is 0. The van der Waals surface area contributed by atoms with Crippen LogP contribution in [0.2, 0.25) is 0 Å². The van der Waals surface area contributed by atoms with Crippen molar-refractivity contribution in [3.8, 4) is 0 Å². The highest BCUT2D eigenvalue weighted by Crippen LogP contribution is 2.42. The van der Waals surface area contributed by atoms with Crippen LogP contribution in [-0.2, 0) is 23.7 Å². The van der Waals surface area contributed by atoms with E-state index in [-0.39, 0.29) is 30.5 Å². The van der Waals surface area contributed by atoms with Gasteiger partial charge in [-0.15, -0.1) is 0 Å². The fourth-order valence-corrected chi connectivity index (χ4v) is 3.30. The molecule has 5 heteroatoms. The maximum Gasteiger partial charge on any atom is 0.164 e. The minimum Gasteiger partial charge on any atom is -0.362 e. The van der Waals surface area contributed by atoms with Gasteiger partial charge >= 0.3 is 0 Å². The summed E-state index contributed by atoms with van der Waals surface area (Å²) in [6.45, 7) is 12.4. The van der Waals surface area contributed by atoms with Crippen molar-refractivity contribution in [1.82, 2.24) is 0 Å². The Morgan fingerprint density at radius 3 is 2.14 bits per heavy atom. The third-order valence-electron chi connectivity index (χ3n) is 4.02. The Balaban J connectivity index is 1.80. The number of hydrogen-bond acceptors (Lipinski definition) is 5. The molecular weight excluding hydrogens is 272 g/mol. The summed E-state index contributed by atoms with van der Waals surface area (Å²) in [6.07, 6.45) is 1.50. The van der Waals surface area contributed by atoms with Gasteiger partial charge in [0.05, 0.1) is 6.61 Å². The van der Waals surface area contributed by atoms with Gasteiger partial charge in [0.25, 0.3) is 0 Å². The van der Waals surface area contributed by atoms with Crippen LogP contribution in [-0.4, -0.2) is 48.7 Å². The summed E-state index contributed by atoms with van der Waals surface area (Å²) in [5.74, 6) is -1.15. The molecule has 0 amide bonds. The van der Waals surface area contributed by atoms with Crippen LogP contribution in [0.5, 0.6) is 0 Å². The molecule has 21 heavy (non-hydrogen) atoms. The van der Waals surface area contributed by atoms with Gasteiger partial charge < -0.3 is 23.7 Å². The van der Waals surface area contributed by atoms with Gasteiger partial charge in [0.15, 0.2) is 11.6 Å². The van der Waals surface area contributed by atoms with Crippen LogP contribution in [0.4, 0.5) is 0 Å². The molecule has 0 aromatic carbocycles. The molecule has 3 aliphatic rings. The molecule has 3 rings (SSSR count). The summed E-state index contributed by atoms with van der Waals surface area (Å²) in [7, 11) is 0. The van der Waals surface area contributed by atoms with E-state index in [1.165, 1.54) is 5.57 Å². The van der Waals surface area contributed by atoms with E-state index in [2.05, 4.69) is 19.9 Å². The molecule has 120 valence electrons. The van der Waals surface area contributed by atoms with E-state index in [1.54, 1.807) is 0 Å². The second kappa shape index (κ2) is 5.03. The molecule has 3 aliphatic heterocycles. The lowest BCUT2D eigenvalue weighted by atomic mass is 10.0. The van der Waals surface area contributed by atoms with E-state index in [4.69, 9.17) is 23.7 Å². The van der Waals surface area contributed by atoms with E-state index >= 15 is 0 Å². The topological polar surface area (TPSA) is 46.2 Å². The molecule has 5 nitrogen and oxygen atoms in total. The van der Waals surface area contributed by atoms with Gasteiger partial charge in [-0.1, -0.05) is 11.6 Å². The van der Waals surface area contributed by atoms with E-state index < -0.39 is 11.6 Å².